The molecule has 1 aromatic carbocycles. The Labute approximate surface area is 137 Å². The summed E-state index contributed by atoms with van der Waals surface area (Å²) >= 11 is 0. The largest absolute Gasteiger partial charge is 0.417 e. The summed E-state index contributed by atoms with van der Waals surface area (Å²) in [5.74, 6) is 0.0643. The molecular weight excluding hydrogens is 319 g/mol. The van der Waals surface area contributed by atoms with E-state index in [2.05, 4.69) is 4.98 Å². The number of halogens is 3. The van der Waals surface area contributed by atoms with Gasteiger partial charge in [-0.3, -0.25) is 0 Å². The predicted octanol–water partition coefficient (Wildman–Crippen LogP) is 3.48. The second kappa shape index (κ2) is 6.49. The van der Waals surface area contributed by atoms with Gasteiger partial charge in [0.25, 0.3) is 0 Å². The van der Waals surface area contributed by atoms with Crippen LogP contribution < -0.4 is 4.90 Å². The van der Waals surface area contributed by atoms with Crippen LogP contribution in [0.1, 0.15) is 11.1 Å². The summed E-state index contributed by atoms with van der Waals surface area (Å²) in [5, 5.41) is 9.31. The van der Waals surface area contributed by atoms with E-state index in [1.807, 2.05) is 0 Å². The number of nitriles is 1. The van der Waals surface area contributed by atoms with E-state index in [1.165, 1.54) is 0 Å². The van der Waals surface area contributed by atoms with Crippen molar-refractivity contribution < 1.29 is 17.9 Å². The van der Waals surface area contributed by atoms with Crippen LogP contribution >= 0.6 is 0 Å². The Kier molecular flexibility index (Phi) is 4.40. The van der Waals surface area contributed by atoms with E-state index in [0.717, 1.165) is 6.07 Å². The van der Waals surface area contributed by atoms with Crippen LogP contribution in [0.3, 0.4) is 0 Å². The van der Waals surface area contributed by atoms with Crippen molar-refractivity contribution in [3.63, 3.8) is 0 Å². The molecule has 1 aliphatic rings. The topological polar surface area (TPSA) is 49.2 Å². The Morgan fingerprint density at radius 1 is 1.12 bits per heavy atom. The van der Waals surface area contributed by atoms with E-state index in [-0.39, 0.29) is 11.5 Å². The molecule has 0 bridgehead atoms. The van der Waals surface area contributed by atoms with Crippen LogP contribution in [0.15, 0.2) is 36.4 Å². The second-order valence-corrected chi connectivity index (χ2v) is 5.33. The highest BCUT2D eigenvalue weighted by atomic mass is 19.4. The molecule has 0 unspecified atom stereocenters. The van der Waals surface area contributed by atoms with Crippen molar-refractivity contribution in [1.82, 2.24) is 4.98 Å². The summed E-state index contributed by atoms with van der Waals surface area (Å²) in [7, 11) is 0. The predicted molar refractivity (Wildman–Crippen MR) is 82.4 cm³/mol. The third kappa shape index (κ3) is 3.19. The van der Waals surface area contributed by atoms with E-state index in [0.29, 0.717) is 31.9 Å². The average molecular weight is 333 g/mol. The number of hydrogen-bond acceptors (Lipinski definition) is 4. The molecule has 4 nitrogen and oxygen atoms in total. The lowest BCUT2D eigenvalue weighted by atomic mass is 10.0. The fourth-order valence-electron chi connectivity index (χ4n) is 2.63. The molecule has 0 amide bonds. The number of anilines is 1. The lowest BCUT2D eigenvalue weighted by Crippen LogP contribution is -2.37. The SMILES string of the molecule is N#Cc1c(C(F)(F)F)cc(-c2ccccc2)nc1N1CCOCC1. The number of benzene rings is 1. The third-order valence-corrected chi connectivity index (χ3v) is 3.80. The molecule has 0 radical (unpaired) electrons. The van der Waals surface area contributed by atoms with Crippen LogP contribution in [0, 0.1) is 11.3 Å². The number of hydrogen-bond donors (Lipinski definition) is 0. The molecule has 124 valence electrons. The smallest absolute Gasteiger partial charge is 0.378 e. The second-order valence-electron chi connectivity index (χ2n) is 5.33. The molecule has 2 heterocycles. The van der Waals surface area contributed by atoms with Crippen LogP contribution in [-0.4, -0.2) is 31.3 Å². The molecule has 1 aromatic heterocycles. The first-order valence-electron chi connectivity index (χ1n) is 7.41. The number of ether oxygens (including phenoxy) is 1. The molecular formula is C17H14F3N3O. The van der Waals surface area contributed by atoms with E-state index >= 15 is 0 Å². The molecule has 0 saturated carbocycles. The number of rotatable bonds is 2. The number of nitrogens with zero attached hydrogens (tertiary/aromatic N) is 3. The van der Waals surface area contributed by atoms with Gasteiger partial charge in [-0.15, -0.1) is 0 Å². The van der Waals surface area contributed by atoms with E-state index in [4.69, 9.17) is 4.74 Å². The lowest BCUT2D eigenvalue weighted by Gasteiger charge is -2.29. The minimum atomic E-state index is -4.63. The quantitative estimate of drug-likeness (QED) is 0.844. The summed E-state index contributed by atoms with van der Waals surface area (Å²) in [6.07, 6.45) is -4.63. The number of aromatic nitrogens is 1. The number of morpholine rings is 1. The summed E-state index contributed by atoms with van der Waals surface area (Å²) in [4.78, 5) is 6.03. The fourth-order valence-corrected chi connectivity index (χ4v) is 2.63. The van der Waals surface area contributed by atoms with Crippen LogP contribution in [0.4, 0.5) is 19.0 Å². The molecule has 0 spiro atoms. The zero-order valence-electron chi connectivity index (χ0n) is 12.7. The van der Waals surface area contributed by atoms with Crippen LogP contribution in [-0.2, 0) is 10.9 Å². The van der Waals surface area contributed by atoms with Gasteiger partial charge in [0.2, 0.25) is 0 Å². The van der Waals surface area contributed by atoms with Crippen molar-refractivity contribution in [1.29, 1.82) is 5.26 Å². The highest BCUT2D eigenvalue weighted by Crippen LogP contribution is 2.38. The molecule has 1 fully saturated rings. The first kappa shape index (κ1) is 16.3. The third-order valence-electron chi connectivity index (χ3n) is 3.80. The van der Waals surface area contributed by atoms with Gasteiger partial charge in [-0.1, -0.05) is 30.3 Å². The molecule has 0 aliphatic carbocycles. The Balaban J connectivity index is 2.20. The maximum atomic E-state index is 13.5. The Morgan fingerprint density at radius 3 is 2.38 bits per heavy atom. The zero-order chi connectivity index (χ0) is 17.2. The minimum Gasteiger partial charge on any atom is -0.378 e. The van der Waals surface area contributed by atoms with Gasteiger partial charge in [0, 0.05) is 18.7 Å². The van der Waals surface area contributed by atoms with Crippen molar-refractivity contribution in [3.8, 4) is 17.3 Å². The highest BCUT2D eigenvalue weighted by molar-refractivity contribution is 5.68. The first-order chi connectivity index (χ1) is 11.5. The van der Waals surface area contributed by atoms with Gasteiger partial charge < -0.3 is 9.64 Å². The van der Waals surface area contributed by atoms with Gasteiger partial charge in [0.05, 0.1) is 24.5 Å². The summed E-state index contributed by atoms with van der Waals surface area (Å²) < 4.78 is 45.6. The lowest BCUT2D eigenvalue weighted by molar-refractivity contribution is -0.137. The van der Waals surface area contributed by atoms with E-state index in [9.17, 15) is 18.4 Å². The van der Waals surface area contributed by atoms with Crippen molar-refractivity contribution in [2.24, 2.45) is 0 Å². The molecule has 24 heavy (non-hydrogen) atoms. The minimum absolute atomic E-state index is 0.0643. The zero-order valence-corrected chi connectivity index (χ0v) is 12.7. The van der Waals surface area contributed by atoms with Crippen molar-refractivity contribution >= 4 is 5.82 Å². The summed E-state index contributed by atoms with van der Waals surface area (Å²) in [6, 6.07) is 11.3. The van der Waals surface area contributed by atoms with Gasteiger partial charge >= 0.3 is 6.18 Å². The monoisotopic (exact) mass is 333 g/mol. The maximum absolute atomic E-state index is 13.5. The summed E-state index contributed by atoms with van der Waals surface area (Å²) in [5.41, 5.74) is -0.630. The molecule has 1 saturated heterocycles. The van der Waals surface area contributed by atoms with Gasteiger partial charge in [0.1, 0.15) is 17.5 Å². The van der Waals surface area contributed by atoms with Gasteiger partial charge in [-0.2, -0.15) is 18.4 Å². The maximum Gasteiger partial charge on any atom is 0.417 e. The van der Waals surface area contributed by atoms with Crippen molar-refractivity contribution in [2.45, 2.75) is 6.18 Å². The van der Waals surface area contributed by atoms with Crippen molar-refractivity contribution in [2.75, 3.05) is 31.2 Å². The summed E-state index contributed by atoms with van der Waals surface area (Å²) in [6.45, 7) is 1.58. The standard InChI is InChI=1S/C17H14F3N3O/c18-17(19,20)14-10-15(12-4-2-1-3-5-12)22-16(13(14)11-21)23-6-8-24-9-7-23/h1-5,10H,6-9H2. The Bertz CT molecular complexity index is 763. The van der Waals surface area contributed by atoms with Crippen LogP contribution in [0.5, 0.6) is 0 Å². The van der Waals surface area contributed by atoms with Gasteiger partial charge in [-0.25, -0.2) is 4.98 Å². The first-order valence-corrected chi connectivity index (χ1v) is 7.41. The molecule has 7 heteroatoms. The number of pyridine rings is 1. The molecule has 0 N–H and O–H groups in total. The van der Waals surface area contributed by atoms with Crippen LogP contribution in [0.2, 0.25) is 0 Å². The van der Waals surface area contributed by atoms with Gasteiger partial charge in [-0.05, 0) is 6.07 Å². The normalized spacial score (nSPS) is 15.2. The average Bonchev–Trinajstić information content (AvgIpc) is 2.61. The molecule has 3 rings (SSSR count). The fraction of sp³-hybridized carbons (Fsp3) is 0.294. The highest BCUT2D eigenvalue weighted by Gasteiger charge is 2.37. The molecule has 0 atom stereocenters. The van der Waals surface area contributed by atoms with Crippen LogP contribution in [0.25, 0.3) is 11.3 Å². The van der Waals surface area contributed by atoms with E-state index < -0.39 is 17.3 Å². The molecule has 1 aliphatic heterocycles. The van der Waals surface area contributed by atoms with Crippen molar-refractivity contribution in [3.05, 3.63) is 47.5 Å². The Hall–Kier alpha value is -2.59. The number of alkyl halides is 3. The molecule has 2 aromatic rings. The van der Waals surface area contributed by atoms with E-state index in [1.54, 1.807) is 41.3 Å². The van der Waals surface area contributed by atoms with Gasteiger partial charge in [0.15, 0.2) is 0 Å². The Morgan fingerprint density at radius 2 is 1.79 bits per heavy atom.